The van der Waals surface area contributed by atoms with Gasteiger partial charge in [-0.1, -0.05) is 11.6 Å². The smallest absolute Gasteiger partial charge is 0.417 e. The van der Waals surface area contributed by atoms with E-state index in [1.165, 1.54) is 0 Å². The zero-order chi connectivity index (χ0) is 15.2. The zero-order valence-corrected chi connectivity index (χ0v) is 12.6. The van der Waals surface area contributed by atoms with Gasteiger partial charge in [0.1, 0.15) is 5.60 Å². The van der Waals surface area contributed by atoms with E-state index in [0.29, 0.717) is 16.3 Å². The summed E-state index contributed by atoms with van der Waals surface area (Å²) in [6.45, 7) is 6.94. The van der Waals surface area contributed by atoms with E-state index in [1.807, 2.05) is 0 Å². The van der Waals surface area contributed by atoms with Gasteiger partial charge < -0.3 is 10.5 Å². The third-order valence-corrected chi connectivity index (χ3v) is 3.38. The summed E-state index contributed by atoms with van der Waals surface area (Å²) >= 11 is 6.12. The second-order valence-corrected chi connectivity index (χ2v) is 6.16. The van der Waals surface area contributed by atoms with Crippen LogP contribution in [0.3, 0.4) is 0 Å². The highest BCUT2D eigenvalue weighted by Gasteiger charge is 2.42. The number of imide groups is 1. The fraction of sp³-hybridized carbons (Fsp3) is 0.429. The average Bonchev–Trinajstić information content (AvgIpc) is 2.55. The Morgan fingerprint density at radius 2 is 2.00 bits per heavy atom. The van der Waals surface area contributed by atoms with Gasteiger partial charge in [0.2, 0.25) is 0 Å². The van der Waals surface area contributed by atoms with Crippen LogP contribution in [0.25, 0.3) is 0 Å². The van der Waals surface area contributed by atoms with Crippen LogP contribution in [0, 0.1) is 0 Å². The first kappa shape index (κ1) is 14.7. The summed E-state index contributed by atoms with van der Waals surface area (Å²) in [7, 11) is 0. The maximum absolute atomic E-state index is 12.4. The minimum Gasteiger partial charge on any atom is -0.443 e. The van der Waals surface area contributed by atoms with Gasteiger partial charge in [-0.3, -0.25) is 4.79 Å². The number of hydrogen-bond acceptors (Lipinski definition) is 4. The first-order valence-corrected chi connectivity index (χ1v) is 6.65. The third kappa shape index (κ3) is 2.33. The predicted octanol–water partition coefficient (Wildman–Crippen LogP) is 3.37. The summed E-state index contributed by atoms with van der Waals surface area (Å²) in [6, 6.07) is 2.69. The summed E-state index contributed by atoms with van der Waals surface area (Å²) in [5, 5.41) is 0.418. The molecule has 0 spiro atoms. The van der Waals surface area contributed by atoms with Crippen molar-refractivity contribution in [3.8, 4) is 0 Å². The van der Waals surface area contributed by atoms with Crippen molar-refractivity contribution in [3.63, 3.8) is 0 Å². The van der Waals surface area contributed by atoms with Gasteiger partial charge in [-0.25, -0.2) is 9.69 Å². The number of halogens is 1. The summed E-state index contributed by atoms with van der Waals surface area (Å²) in [5.74, 6) is -0.471. The molecule has 1 unspecified atom stereocenters. The standard InChI is InChI=1S/C14H17ClN2O3/c1-7-10-8(15)5-6-9(16)11(10)12(18)17(7)13(19)20-14(2,3)4/h5-7H,16H2,1-4H3. The van der Waals surface area contributed by atoms with Crippen LogP contribution in [-0.4, -0.2) is 22.5 Å². The molecule has 0 saturated carbocycles. The predicted molar refractivity (Wildman–Crippen MR) is 76.7 cm³/mol. The average molecular weight is 297 g/mol. The van der Waals surface area contributed by atoms with Gasteiger partial charge in [0.25, 0.3) is 5.91 Å². The molecule has 1 aromatic rings. The SMILES string of the molecule is CC1c2c(Cl)ccc(N)c2C(=O)N1C(=O)OC(C)(C)C. The van der Waals surface area contributed by atoms with Crippen molar-refractivity contribution >= 4 is 29.3 Å². The summed E-state index contributed by atoms with van der Waals surface area (Å²) in [4.78, 5) is 25.6. The van der Waals surface area contributed by atoms with Crippen LogP contribution >= 0.6 is 11.6 Å². The molecule has 108 valence electrons. The Morgan fingerprint density at radius 1 is 1.40 bits per heavy atom. The number of ether oxygens (including phenoxy) is 1. The Morgan fingerprint density at radius 3 is 2.50 bits per heavy atom. The van der Waals surface area contributed by atoms with Crippen LogP contribution in [0.2, 0.25) is 5.02 Å². The number of anilines is 1. The number of rotatable bonds is 0. The Labute approximate surface area is 122 Å². The van der Waals surface area contributed by atoms with Crippen molar-refractivity contribution in [3.05, 3.63) is 28.3 Å². The molecule has 2 rings (SSSR count). The highest BCUT2D eigenvalue weighted by molar-refractivity contribution is 6.32. The molecule has 1 aliphatic heterocycles. The monoisotopic (exact) mass is 296 g/mol. The number of fused-ring (bicyclic) bond motifs is 1. The molecule has 2 amide bonds. The van der Waals surface area contributed by atoms with E-state index in [-0.39, 0.29) is 5.56 Å². The zero-order valence-electron chi connectivity index (χ0n) is 11.9. The Balaban J connectivity index is 2.43. The molecule has 0 aromatic heterocycles. The minimum atomic E-state index is -0.693. The van der Waals surface area contributed by atoms with Crippen molar-refractivity contribution in [1.82, 2.24) is 4.90 Å². The van der Waals surface area contributed by atoms with Crippen LogP contribution in [0.4, 0.5) is 10.5 Å². The van der Waals surface area contributed by atoms with Crippen LogP contribution < -0.4 is 5.73 Å². The molecule has 1 aliphatic rings. The first-order chi connectivity index (χ1) is 9.13. The molecule has 1 atom stereocenters. The number of hydrogen-bond donors (Lipinski definition) is 1. The van der Waals surface area contributed by atoms with E-state index < -0.39 is 23.6 Å². The normalized spacial score (nSPS) is 18.1. The quantitative estimate of drug-likeness (QED) is 0.745. The van der Waals surface area contributed by atoms with Crippen molar-refractivity contribution in [2.24, 2.45) is 0 Å². The van der Waals surface area contributed by atoms with E-state index in [2.05, 4.69) is 0 Å². The largest absolute Gasteiger partial charge is 0.443 e. The van der Waals surface area contributed by atoms with E-state index in [0.717, 1.165) is 4.90 Å². The van der Waals surface area contributed by atoms with Crippen molar-refractivity contribution < 1.29 is 14.3 Å². The Hall–Kier alpha value is -1.75. The maximum Gasteiger partial charge on any atom is 0.417 e. The lowest BCUT2D eigenvalue weighted by atomic mass is 10.0. The van der Waals surface area contributed by atoms with E-state index in [9.17, 15) is 9.59 Å². The molecule has 2 N–H and O–H groups in total. The molecule has 6 heteroatoms. The molecule has 5 nitrogen and oxygen atoms in total. The lowest BCUT2D eigenvalue weighted by Crippen LogP contribution is -2.38. The molecule has 1 aromatic carbocycles. The lowest BCUT2D eigenvalue weighted by Gasteiger charge is -2.26. The number of nitrogens with zero attached hydrogens (tertiary/aromatic N) is 1. The van der Waals surface area contributed by atoms with Gasteiger partial charge in [0, 0.05) is 16.3 Å². The van der Waals surface area contributed by atoms with Gasteiger partial charge in [0.05, 0.1) is 11.6 Å². The second kappa shape index (κ2) is 4.66. The molecular weight excluding hydrogens is 280 g/mol. The first-order valence-electron chi connectivity index (χ1n) is 6.28. The number of amides is 2. The fourth-order valence-corrected chi connectivity index (χ4v) is 2.55. The molecule has 0 bridgehead atoms. The highest BCUT2D eigenvalue weighted by Crippen LogP contribution is 2.41. The Kier molecular flexibility index (Phi) is 3.42. The third-order valence-electron chi connectivity index (χ3n) is 3.05. The lowest BCUT2D eigenvalue weighted by molar-refractivity contribution is 0.0203. The van der Waals surface area contributed by atoms with E-state index in [4.69, 9.17) is 22.1 Å². The number of nitrogen functional groups attached to an aromatic ring is 1. The molecule has 0 radical (unpaired) electrons. The molecular formula is C14H17ClN2O3. The van der Waals surface area contributed by atoms with E-state index in [1.54, 1.807) is 39.8 Å². The van der Waals surface area contributed by atoms with Gasteiger partial charge in [0.15, 0.2) is 0 Å². The highest BCUT2D eigenvalue weighted by atomic mass is 35.5. The molecule has 0 aliphatic carbocycles. The topological polar surface area (TPSA) is 72.6 Å². The van der Waals surface area contributed by atoms with Crippen LogP contribution in [0.5, 0.6) is 0 Å². The molecule has 1 heterocycles. The minimum absolute atomic E-state index is 0.288. The summed E-state index contributed by atoms with van der Waals surface area (Å²) in [6.07, 6.45) is -0.693. The number of carbonyl (C=O) groups excluding carboxylic acids is 2. The van der Waals surface area contributed by atoms with Crippen LogP contribution in [0.1, 0.15) is 49.7 Å². The van der Waals surface area contributed by atoms with Gasteiger partial charge in [-0.05, 0) is 39.8 Å². The number of carbonyl (C=O) groups is 2. The van der Waals surface area contributed by atoms with Crippen molar-refractivity contribution in [2.75, 3.05) is 5.73 Å². The van der Waals surface area contributed by atoms with E-state index >= 15 is 0 Å². The molecule has 0 fully saturated rings. The van der Waals surface area contributed by atoms with Crippen molar-refractivity contribution in [1.29, 1.82) is 0 Å². The summed E-state index contributed by atoms with van der Waals surface area (Å²) in [5.41, 5.74) is 6.32. The van der Waals surface area contributed by atoms with Crippen LogP contribution in [0.15, 0.2) is 12.1 Å². The Bertz CT molecular complexity index is 593. The van der Waals surface area contributed by atoms with Crippen LogP contribution in [-0.2, 0) is 4.74 Å². The molecule has 20 heavy (non-hydrogen) atoms. The van der Waals surface area contributed by atoms with Gasteiger partial charge >= 0.3 is 6.09 Å². The number of benzene rings is 1. The van der Waals surface area contributed by atoms with Gasteiger partial charge in [-0.2, -0.15) is 0 Å². The molecule has 0 saturated heterocycles. The second-order valence-electron chi connectivity index (χ2n) is 5.76. The number of nitrogens with two attached hydrogens (primary N) is 1. The van der Waals surface area contributed by atoms with Crippen molar-refractivity contribution in [2.45, 2.75) is 39.3 Å². The summed E-state index contributed by atoms with van der Waals surface area (Å²) < 4.78 is 5.26. The fourth-order valence-electron chi connectivity index (χ4n) is 2.24. The van der Waals surface area contributed by atoms with Gasteiger partial charge in [-0.15, -0.1) is 0 Å². The maximum atomic E-state index is 12.4.